The lowest BCUT2D eigenvalue weighted by Gasteiger charge is -1.92. The normalized spacial score (nSPS) is 8.00. The molecule has 1 rings (SSSR count). The number of anilines is 2. The molecule has 0 aliphatic heterocycles. The van der Waals surface area contributed by atoms with Gasteiger partial charge < -0.3 is 11.5 Å². The highest BCUT2D eigenvalue weighted by molar-refractivity contribution is 8.93. The van der Waals surface area contributed by atoms with Crippen LogP contribution in [0.4, 0.5) is 11.5 Å². The van der Waals surface area contributed by atoms with Gasteiger partial charge >= 0.3 is 0 Å². The molecule has 4 N–H and O–H groups in total. The van der Waals surface area contributed by atoms with Crippen molar-refractivity contribution in [2.75, 3.05) is 11.5 Å². The van der Waals surface area contributed by atoms with Gasteiger partial charge in [0.1, 0.15) is 5.82 Å². The summed E-state index contributed by atoms with van der Waals surface area (Å²) >= 11 is 0. The van der Waals surface area contributed by atoms with E-state index in [-0.39, 0.29) is 17.0 Å². The molecule has 50 valence electrons. The van der Waals surface area contributed by atoms with Crippen molar-refractivity contribution in [2.45, 2.75) is 0 Å². The molecule has 0 fully saturated rings. The van der Waals surface area contributed by atoms with Gasteiger partial charge in [-0.1, -0.05) is 0 Å². The predicted molar refractivity (Wildman–Crippen MR) is 43.4 cm³/mol. The molecule has 0 amide bonds. The molecule has 1 aromatic heterocycles. The summed E-state index contributed by atoms with van der Waals surface area (Å²) in [5.74, 6) is 0.396. The summed E-state index contributed by atoms with van der Waals surface area (Å²) in [4.78, 5) is 3.73. The van der Waals surface area contributed by atoms with E-state index in [0.717, 1.165) is 0 Å². The van der Waals surface area contributed by atoms with Gasteiger partial charge in [0.25, 0.3) is 0 Å². The van der Waals surface area contributed by atoms with E-state index in [9.17, 15) is 0 Å². The number of nitrogens with two attached hydrogens (primary N) is 2. The van der Waals surface area contributed by atoms with E-state index in [4.69, 9.17) is 11.5 Å². The quantitative estimate of drug-likeness (QED) is 0.636. The molecule has 0 radical (unpaired) electrons. The number of aromatic nitrogens is 1. The zero-order valence-corrected chi connectivity index (χ0v) is 6.46. The van der Waals surface area contributed by atoms with Gasteiger partial charge in [0, 0.05) is 6.20 Å². The second kappa shape index (κ2) is 3.29. The summed E-state index contributed by atoms with van der Waals surface area (Å²) < 4.78 is 0. The number of hydrogen-bond donors (Lipinski definition) is 2. The first-order valence-electron chi connectivity index (χ1n) is 2.26. The van der Waals surface area contributed by atoms with Gasteiger partial charge in [0.15, 0.2) is 0 Å². The lowest BCUT2D eigenvalue weighted by atomic mass is 10.4. The van der Waals surface area contributed by atoms with Crippen LogP contribution in [0.1, 0.15) is 0 Å². The average Bonchev–Trinajstić information content (AvgIpc) is 1.77. The molecule has 0 atom stereocenters. The number of rotatable bonds is 0. The first-order chi connectivity index (χ1) is 3.80. The Morgan fingerprint density at radius 3 is 2.33 bits per heavy atom. The molecule has 9 heavy (non-hydrogen) atoms. The molecule has 1 aromatic rings. The maximum Gasteiger partial charge on any atom is 0.146 e. The number of pyridine rings is 1. The van der Waals surface area contributed by atoms with E-state index in [1.54, 1.807) is 18.3 Å². The van der Waals surface area contributed by atoms with Gasteiger partial charge in [-0.3, -0.25) is 0 Å². The Balaban J connectivity index is 0.000000640. The van der Waals surface area contributed by atoms with Gasteiger partial charge in [-0.05, 0) is 12.1 Å². The second-order valence-electron chi connectivity index (χ2n) is 1.48. The minimum Gasteiger partial charge on any atom is -0.396 e. The first kappa shape index (κ1) is 8.23. The second-order valence-corrected chi connectivity index (χ2v) is 1.48. The molecule has 1 heterocycles. The van der Waals surface area contributed by atoms with Gasteiger partial charge in [-0.2, -0.15) is 0 Å². The third-order valence-electron chi connectivity index (χ3n) is 0.871. The Bertz CT molecular complexity index is 168. The Morgan fingerprint density at radius 2 is 2.00 bits per heavy atom. The molecule has 0 aliphatic rings. The SMILES string of the molecule is Br.Nc1cccnc1N. The molecule has 0 aromatic carbocycles. The van der Waals surface area contributed by atoms with Crippen LogP contribution in [0.15, 0.2) is 18.3 Å². The van der Waals surface area contributed by atoms with Crippen LogP contribution in [0, 0.1) is 0 Å². The van der Waals surface area contributed by atoms with E-state index >= 15 is 0 Å². The molecule has 3 nitrogen and oxygen atoms in total. The summed E-state index contributed by atoms with van der Waals surface area (Å²) in [6.45, 7) is 0. The smallest absolute Gasteiger partial charge is 0.146 e. The van der Waals surface area contributed by atoms with Crippen LogP contribution in [0.3, 0.4) is 0 Å². The van der Waals surface area contributed by atoms with Crippen molar-refractivity contribution in [3.63, 3.8) is 0 Å². The van der Waals surface area contributed by atoms with Crippen molar-refractivity contribution < 1.29 is 0 Å². The monoisotopic (exact) mass is 189 g/mol. The third-order valence-corrected chi connectivity index (χ3v) is 0.871. The van der Waals surface area contributed by atoms with Gasteiger partial charge in [0.2, 0.25) is 0 Å². The standard InChI is InChI=1S/C5H7N3.BrH/c6-4-2-1-3-8-5(4)7;/h1-3H,6H2,(H2,7,8);1H. The molecule has 0 saturated heterocycles. The van der Waals surface area contributed by atoms with Crippen molar-refractivity contribution in [3.8, 4) is 0 Å². The van der Waals surface area contributed by atoms with E-state index in [1.807, 2.05) is 0 Å². The van der Waals surface area contributed by atoms with Crippen molar-refractivity contribution in [3.05, 3.63) is 18.3 Å². The lowest BCUT2D eigenvalue weighted by molar-refractivity contribution is 1.34. The topological polar surface area (TPSA) is 64.9 Å². The highest BCUT2D eigenvalue weighted by atomic mass is 79.9. The van der Waals surface area contributed by atoms with Crippen LogP contribution < -0.4 is 11.5 Å². The van der Waals surface area contributed by atoms with Crippen molar-refractivity contribution in [2.24, 2.45) is 0 Å². The fraction of sp³-hybridized carbons (Fsp3) is 0. The zero-order chi connectivity index (χ0) is 5.98. The fourth-order valence-electron chi connectivity index (χ4n) is 0.430. The molecule has 0 unspecified atom stereocenters. The zero-order valence-electron chi connectivity index (χ0n) is 4.74. The maximum atomic E-state index is 5.33. The summed E-state index contributed by atoms with van der Waals surface area (Å²) in [7, 11) is 0. The van der Waals surface area contributed by atoms with Gasteiger partial charge in [-0.15, -0.1) is 17.0 Å². The molecule has 0 saturated carbocycles. The Hall–Kier alpha value is -0.770. The predicted octanol–water partition coefficient (Wildman–Crippen LogP) is 0.824. The lowest BCUT2D eigenvalue weighted by Crippen LogP contribution is -1.95. The maximum absolute atomic E-state index is 5.33. The van der Waals surface area contributed by atoms with Crippen LogP contribution >= 0.6 is 17.0 Å². The van der Waals surface area contributed by atoms with E-state index in [1.165, 1.54) is 0 Å². The number of nitrogens with zero attached hydrogens (tertiary/aromatic N) is 1. The largest absolute Gasteiger partial charge is 0.396 e. The highest BCUT2D eigenvalue weighted by Gasteiger charge is 1.87. The Kier molecular flexibility index (Phi) is 3.01. The Labute approximate surface area is 63.8 Å². The van der Waals surface area contributed by atoms with Crippen LogP contribution in [-0.2, 0) is 0 Å². The Morgan fingerprint density at radius 1 is 1.33 bits per heavy atom. The highest BCUT2D eigenvalue weighted by Crippen LogP contribution is 2.06. The molecule has 4 heteroatoms. The van der Waals surface area contributed by atoms with Gasteiger partial charge in [-0.25, -0.2) is 4.98 Å². The van der Waals surface area contributed by atoms with E-state index in [2.05, 4.69) is 4.98 Å². The number of halogens is 1. The number of nitrogen functional groups attached to an aromatic ring is 2. The van der Waals surface area contributed by atoms with E-state index < -0.39 is 0 Å². The van der Waals surface area contributed by atoms with Crippen molar-refractivity contribution >= 4 is 28.5 Å². The summed E-state index contributed by atoms with van der Waals surface area (Å²) in [5, 5.41) is 0. The molecule has 0 aliphatic carbocycles. The number of hydrogen-bond acceptors (Lipinski definition) is 3. The summed E-state index contributed by atoms with van der Waals surface area (Å²) in [6, 6.07) is 3.45. The average molecular weight is 190 g/mol. The van der Waals surface area contributed by atoms with Crippen LogP contribution in [0.2, 0.25) is 0 Å². The van der Waals surface area contributed by atoms with Crippen molar-refractivity contribution in [1.82, 2.24) is 4.98 Å². The van der Waals surface area contributed by atoms with Crippen LogP contribution in [-0.4, -0.2) is 4.98 Å². The van der Waals surface area contributed by atoms with Crippen LogP contribution in [0.25, 0.3) is 0 Å². The minimum absolute atomic E-state index is 0. The van der Waals surface area contributed by atoms with Crippen LogP contribution in [0.5, 0.6) is 0 Å². The summed E-state index contributed by atoms with van der Waals surface area (Å²) in [5.41, 5.74) is 11.2. The molecule has 0 spiro atoms. The molecule has 0 bridgehead atoms. The third kappa shape index (κ3) is 1.89. The van der Waals surface area contributed by atoms with E-state index in [0.29, 0.717) is 11.5 Å². The van der Waals surface area contributed by atoms with Crippen molar-refractivity contribution in [1.29, 1.82) is 0 Å². The summed E-state index contributed by atoms with van der Waals surface area (Å²) in [6.07, 6.45) is 1.60. The first-order valence-corrected chi connectivity index (χ1v) is 2.26. The van der Waals surface area contributed by atoms with Gasteiger partial charge in [0.05, 0.1) is 5.69 Å². The minimum atomic E-state index is 0. The molecular weight excluding hydrogens is 182 g/mol. The fourth-order valence-corrected chi connectivity index (χ4v) is 0.430. The molecular formula is C5H8BrN3.